The number of fused-ring (bicyclic) bond motifs is 1. The highest BCUT2D eigenvalue weighted by Crippen LogP contribution is 2.36. The largest absolute Gasteiger partial charge is 0.496 e. The number of ether oxygens (including phenoxy) is 2. The fraction of sp³-hybridized carbons (Fsp3) is 0.235. The Morgan fingerprint density at radius 3 is 2.38 bits per heavy atom. The second kappa shape index (κ2) is 14.9. The number of carbonyl (C=O) groups excluding carboxylic acids is 3. The third-order valence-electron chi connectivity index (χ3n) is 7.18. The molecule has 0 unspecified atom stereocenters. The Morgan fingerprint density at radius 1 is 0.956 bits per heavy atom. The molecule has 3 amide bonds. The van der Waals surface area contributed by atoms with E-state index in [-0.39, 0.29) is 30.0 Å². The predicted octanol–water partition coefficient (Wildman–Crippen LogP) is 6.60. The van der Waals surface area contributed by atoms with Crippen LogP contribution in [0.25, 0.3) is 17.0 Å². The number of carbonyl (C=O) groups is 3. The van der Waals surface area contributed by atoms with E-state index in [1.165, 1.54) is 11.0 Å². The summed E-state index contributed by atoms with van der Waals surface area (Å²) >= 11 is 13.2. The van der Waals surface area contributed by atoms with Crippen LogP contribution in [0.5, 0.6) is 11.5 Å². The minimum atomic E-state index is -0.439. The molecule has 1 aromatic heterocycles. The molecule has 0 radical (unpaired) electrons. The van der Waals surface area contributed by atoms with Crippen LogP contribution < -0.4 is 24.6 Å². The Labute approximate surface area is 272 Å². The van der Waals surface area contributed by atoms with E-state index in [9.17, 15) is 14.4 Å². The van der Waals surface area contributed by atoms with Crippen LogP contribution in [0, 0.1) is 6.92 Å². The second-order valence-corrected chi connectivity index (χ2v) is 11.0. The maximum atomic E-state index is 13.0. The van der Waals surface area contributed by atoms with Gasteiger partial charge in [0.2, 0.25) is 17.7 Å². The highest BCUT2D eigenvalue weighted by Gasteiger charge is 2.20. The van der Waals surface area contributed by atoms with Crippen LogP contribution in [0.1, 0.15) is 30.2 Å². The summed E-state index contributed by atoms with van der Waals surface area (Å²) in [4.78, 5) is 44.8. The molecule has 0 bridgehead atoms. The molecular formula is C34H34Cl2N4O5. The normalized spacial score (nSPS) is 11.0. The van der Waals surface area contributed by atoms with Gasteiger partial charge in [-0.25, -0.2) is 4.98 Å². The molecule has 0 aliphatic carbocycles. The molecule has 0 fully saturated rings. The van der Waals surface area contributed by atoms with Crippen LogP contribution in [0.4, 0.5) is 11.4 Å². The molecule has 4 aromatic rings. The molecule has 0 aliphatic heterocycles. The summed E-state index contributed by atoms with van der Waals surface area (Å²) in [7, 11) is 4.88. The van der Waals surface area contributed by atoms with Gasteiger partial charge in [-0.15, -0.1) is 0 Å². The number of aromatic nitrogens is 1. The van der Waals surface area contributed by atoms with Gasteiger partial charge >= 0.3 is 0 Å². The number of anilines is 2. The van der Waals surface area contributed by atoms with Crippen molar-refractivity contribution in [1.29, 1.82) is 0 Å². The van der Waals surface area contributed by atoms with Crippen LogP contribution in [0.15, 0.2) is 66.7 Å². The maximum absolute atomic E-state index is 13.0. The first kappa shape index (κ1) is 33.3. The highest BCUT2D eigenvalue weighted by molar-refractivity contribution is 6.38. The Balaban J connectivity index is 1.39. The van der Waals surface area contributed by atoms with Crippen molar-refractivity contribution >= 4 is 69.3 Å². The number of hydrogen-bond acceptors (Lipinski definition) is 6. The van der Waals surface area contributed by atoms with Crippen molar-refractivity contribution < 1.29 is 23.9 Å². The monoisotopic (exact) mass is 648 g/mol. The van der Waals surface area contributed by atoms with Crippen LogP contribution in [0.3, 0.4) is 0 Å². The lowest BCUT2D eigenvalue weighted by Gasteiger charge is -2.21. The van der Waals surface area contributed by atoms with Crippen molar-refractivity contribution in [1.82, 2.24) is 10.3 Å². The number of hydrogen-bond donors (Lipinski definition) is 1. The van der Waals surface area contributed by atoms with Crippen molar-refractivity contribution in [3.05, 3.63) is 93.6 Å². The van der Waals surface area contributed by atoms with Gasteiger partial charge in [-0.2, -0.15) is 0 Å². The molecule has 1 N–H and O–H groups in total. The summed E-state index contributed by atoms with van der Waals surface area (Å²) in [6, 6.07) is 17.9. The molecule has 4 rings (SSSR count). The molecule has 0 aliphatic rings. The molecule has 0 spiro atoms. The van der Waals surface area contributed by atoms with Gasteiger partial charge in [-0.05, 0) is 55.0 Å². The number of benzene rings is 3. The lowest BCUT2D eigenvalue weighted by atomic mass is 10.1. The molecule has 1 heterocycles. The molecule has 45 heavy (non-hydrogen) atoms. The van der Waals surface area contributed by atoms with Crippen LogP contribution in [-0.2, 0) is 21.0 Å². The van der Waals surface area contributed by atoms with Gasteiger partial charge in [-0.3, -0.25) is 14.4 Å². The fourth-order valence-corrected chi connectivity index (χ4v) is 5.17. The van der Waals surface area contributed by atoms with Gasteiger partial charge in [0.1, 0.15) is 23.6 Å². The molecule has 0 saturated carbocycles. The predicted molar refractivity (Wildman–Crippen MR) is 179 cm³/mol. The number of methoxy groups -OCH3 is 1. The Kier molecular flexibility index (Phi) is 11.0. The van der Waals surface area contributed by atoms with E-state index in [0.29, 0.717) is 39.7 Å². The second-order valence-electron chi connectivity index (χ2n) is 10.2. The van der Waals surface area contributed by atoms with Gasteiger partial charge in [0.15, 0.2) is 0 Å². The van der Waals surface area contributed by atoms with E-state index < -0.39 is 5.91 Å². The number of pyridine rings is 1. The first-order valence-corrected chi connectivity index (χ1v) is 14.9. The standard InChI is InChI=1S/C34H34Cl2N4O5/c1-6-31(42)39(3)23-13-10-22(11-14-23)12-17-30(41)37-19-32(43)40(4)27-16-15-26(35)25(33(27)36)20-45-28-9-7-8-24-29(44-5)18-21(2)38-34(24)28/h7-18H,6,19-20H2,1-5H3,(H,37,41). The molecule has 3 aromatic carbocycles. The third-order valence-corrected chi connectivity index (χ3v) is 7.96. The molecule has 11 heteroatoms. The summed E-state index contributed by atoms with van der Waals surface area (Å²) in [6.45, 7) is 3.45. The summed E-state index contributed by atoms with van der Waals surface area (Å²) < 4.78 is 11.6. The zero-order valence-corrected chi connectivity index (χ0v) is 27.2. The van der Waals surface area contributed by atoms with Crippen LogP contribution in [0.2, 0.25) is 10.0 Å². The maximum Gasteiger partial charge on any atom is 0.246 e. The van der Waals surface area contributed by atoms with Crippen LogP contribution in [-0.4, -0.2) is 50.5 Å². The topological polar surface area (TPSA) is 101 Å². The van der Waals surface area contributed by atoms with Gasteiger partial charge in [-0.1, -0.05) is 48.3 Å². The van der Waals surface area contributed by atoms with Crippen molar-refractivity contribution in [2.24, 2.45) is 0 Å². The summed E-state index contributed by atoms with van der Waals surface area (Å²) in [6.07, 6.45) is 3.37. The first-order valence-electron chi connectivity index (χ1n) is 14.2. The van der Waals surface area contributed by atoms with E-state index in [4.69, 9.17) is 32.7 Å². The lowest BCUT2D eigenvalue weighted by Crippen LogP contribution is -2.37. The molecule has 0 saturated heterocycles. The number of nitrogens with zero attached hydrogens (tertiary/aromatic N) is 3. The summed E-state index contributed by atoms with van der Waals surface area (Å²) in [5.41, 5.74) is 3.85. The molecule has 9 nitrogen and oxygen atoms in total. The average molecular weight is 650 g/mol. The average Bonchev–Trinajstić information content (AvgIpc) is 3.05. The molecule has 234 valence electrons. The lowest BCUT2D eigenvalue weighted by molar-refractivity contribution is -0.122. The van der Waals surface area contributed by atoms with Crippen molar-refractivity contribution in [3.8, 4) is 11.5 Å². The van der Waals surface area contributed by atoms with Gasteiger partial charge in [0.25, 0.3) is 0 Å². The van der Waals surface area contributed by atoms with E-state index >= 15 is 0 Å². The smallest absolute Gasteiger partial charge is 0.246 e. The highest BCUT2D eigenvalue weighted by atomic mass is 35.5. The van der Waals surface area contributed by atoms with Crippen molar-refractivity contribution in [2.75, 3.05) is 37.5 Å². The molecular weight excluding hydrogens is 615 g/mol. The number of halogens is 2. The minimum absolute atomic E-state index is 0.00616. The first-order chi connectivity index (χ1) is 21.5. The zero-order chi connectivity index (χ0) is 32.7. The SMILES string of the molecule is CCC(=O)N(C)c1ccc(C=CC(=O)NCC(=O)N(C)c2ccc(Cl)c(COc3cccc4c(OC)cc(C)nc34)c2Cl)cc1. The van der Waals surface area contributed by atoms with Crippen molar-refractivity contribution in [2.45, 2.75) is 26.9 Å². The number of aryl methyl sites for hydroxylation is 1. The van der Waals surface area contributed by atoms with Crippen LogP contribution >= 0.6 is 23.2 Å². The van der Waals surface area contributed by atoms with Crippen molar-refractivity contribution in [3.63, 3.8) is 0 Å². The quantitative estimate of drug-likeness (QED) is 0.184. The molecule has 0 atom stereocenters. The number of para-hydroxylation sites is 1. The fourth-order valence-electron chi connectivity index (χ4n) is 4.56. The number of amides is 3. The third kappa shape index (κ3) is 7.92. The van der Waals surface area contributed by atoms with Gasteiger partial charge in [0, 0.05) is 60.0 Å². The number of likely N-dealkylation sites (N-methyl/N-ethyl adjacent to an activating group) is 1. The van der Waals surface area contributed by atoms with E-state index in [1.54, 1.807) is 81.6 Å². The summed E-state index contributed by atoms with van der Waals surface area (Å²) in [5, 5.41) is 4.03. The van der Waals surface area contributed by atoms with Gasteiger partial charge < -0.3 is 24.6 Å². The number of rotatable bonds is 11. The summed E-state index contributed by atoms with van der Waals surface area (Å²) in [5.74, 6) is 0.397. The van der Waals surface area contributed by atoms with E-state index in [2.05, 4.69) is 10.3 Å². The Bertz CT molecular complexity index is 1760. The van der Waals surface area contributed by atoms with E-state index in [1.807, 2.05) is 25.1 Å². The minimum Gasteiger partial charge on any atom is -0.496 e. The zero-order valence-electron chi connectivity index (χ0n) is 25.7. The number of nitrogens with one attached hydrogen (secondary N) is 1. The Morgan fingerprint density at radius 2 is 1.69 bits per heavy atom. The Hall–Kier alpha value is -4.60. The van der Waals surface area contributed by atoms with Gasteiger partial charge in [0.05, 0.1) is 24.4 Å². The van der Waals surface area contributed by atoms with E-state index in [0.717, 1.165) is 22.3 Å².